The highest BCUT2D eigenvalue weighted by Gasteiger charge is 2.18. The number of fused-ring (bicyclic) bond motifs is 1. The van der Waals surface area contributed by atoms with Crippen molar-refractivity contribution in [1.82, 2.24) is 0 Å². The fourth-order valence-electron chi connectivity index (χ4n) is 1.57. The quantitative estimate of drug-likeness (QED) is 0.848. The number of hydrogen-bond acceptors (Lipinski definition) is 5. The molecule has 0 aliphatic rings. The fraction of sp³-hybridized carbons (Fsp3) is 0.250. The lowest BCUT2D eigenvalue weighted by atomic mass is 10.2. The average molecular weight is 251 g/mol. The Morgan fingerprint density at radius 1 is 1.35 bits per heavy atom. The summed E-state index contributed by atoms with van der Waals surface area (Å²) in [6, 6.07) is 6.92. The number of ether oxygens (including phenoxy) is 2. The molecular formula is C12H13NO3S. The molecule has 0 radical (unpaired) electrons. The molecule has 5 heteroatoms. The summed E-state index contributed by atoms with van der Waals surface area (Å²) < 4.78 is 10.8. The van der Waals surface area contributed by atoms with Gasteiger partial charge < -0.3 is 15.2 Å². The Kier molecular flexibility index (Phi) is 3.31. The Balaban J connectivity index is 2.40. The molecule has 2 aromatic rings. The van der Waals surface area contributed by atoms with Crippen LogP contribution in [0, 0.1) is 0 Å². The van der Waals surface area contributed by atoms with Crippen LogP contribution >= 0.6 is 11.3 Å². The average Bonchev–Trinajstić information content (AvgIpc) is 2.79. The van der Waals surface area contributed by atoms with Crippen molar-refractivity contribution >= 4 is 27.4 Å². The number of carbonyl (C=O) groups excluding carboxylic acids is 1. The van der Waals surface area contributed by atoms with Crippen LogP contribution < -0.4 is 10.5 Å². The predicted octanol–water partition coefficient (Wildman–Crippen LogP) is 2.08. The maximum absolute atomic E-state index is 11.3. The van der Waals surface area contributed by atoms with Crippen molar-refractivity contribution in [2.24, 2.45) is 5.73 Å². The van der Waals surface area contributed by atoms with Gasteiger partial charge >= 0.3 is 5.97 Å². The second-order valence-corrected chi connectivity index (χ2v) is 4.67. The summed E-state index contributed by atoms with van der Waals surface area (Å²) in [7, 11) is 2.95. The van der Waals surface area contributed by atoms with Crippen LogP contribution in [0.1, 0.15) is 10.9 Å². The molecule has 17 heavy (non-hydrogen) atoms. The number of nitrogens with two attached hydrogens (primary N) is 1. The van der Waals surface area contributed by atoms with Crippen molar-refractivity contribution in [3.05, 3.63) is 29.1 Å². The van der Waals surface area contributed by atoms with Crippen molar-refractivity contribution in [2.45, 2.75) is 6.04 Å². The van der Waals surface area contributed by atoms with E-state index in [0.717, 1.165) is 20.7 Å². The second kappa shape index (κ2) is 4.73. The van der Waals surface area contributed by atoms with Gasteiger partial charge in [0.1, 0.15) is 11.8 Å². The van der Waals surface area contributed by atoms with E-state index >= 15 is 0 Å². The fourth-order valence-corrected chi connectivity index (χ4v) is 2.60. The van der Waals surface area contributed by atoms with E-state index < -0.39 is 12.0 Å². The van der Waals surface area contributed by atoms with Crippen LogP contribution in [0.5, 0.6) is 5.75 Å². The monoisotopic (exact) mass is 251 g/mol. The standard InChI is InChI=1S/C12H13NO3S/c1-15-8-3-4-9-7(5-8)6-10(17-9)11(13)12(14)16-2/h3-6,11H,13H2,1-2H3. The Morgan fingerprint density at radius 2 is 2.12 bits per heavy atom. The van der Waals surface area contributed by atoms with Crippen LogP contribution in [0.3, 0.4) is 0 Å². The summed E-state index contributed by atoms with van der Waals surface area (Å²) in [4.78, 5) is 12.1. The van der Waals surface area contributed by atoms with Gasteiger partial charge in [-0.3, -0.25) is 0 Å². The van der Waals surface area contributed by atoms with Crippen molar-refractivity contribution in [3.8, 4) is 5.75 Å². The van der Waals surface area contributed by atoms with Crippen LogP contribution in [0.15, 0.2) is 24.3 Å². The van der Waals surface area contributed by atoms with Gasteiger partial charge in [-0.1, -0.05) is 0 Å². The van der Waals surface area contributed by atoms with Gasteiger partial charge in [-0.15, -0.1) is 11.3 Å². The van der Waals surface area contributed by atoms with Gasteiger partial charge in [0.05, 0.1) is 14.2 Å². The van der Waals surface area contributed by atoms with E-state index in [9.17, 15) is 4.79 Å². The lowest BCUT2D eigenvalue weighted by Crippen LogP contribution is -2.21. The molecule has 0 saturated carbocycles. The van der Waals surface area contributed by atoms with Crippen LogP contribution in [0.2, 0.25) is 0 Å². The molecule has 2 N–H and O–H groups in total. The van der Waals surface area contributed by atoms with Gasteiger partial charge in [0.25, 0.3) is 0 Å². The van der Waals surface area contributed by atoms with Crippen LogP contribution in [-0.2, 0) is 9.53 Å². The molecule has 0 saturated heterocycles. The van der Waals surface area contributed by atoms with Gasteiger partial charge in [-0.2, -0.15) is 0 Å². The van der Waals surface area contributed by atoms with Gasteiger partial charge in [0, 0.05) is 9.58 Å². The van der Waals surface area contributed by atoms with E-state index in [2.05, 4.69) is 4.74 Å². The van der Waals surface area contributed by atoms with E-state index in [1.807, 2.05) is 24.3 Å². The third-order valence-corrected chi connectivity index (χ3v) is 3.70. The molecule has 0 aliphatic heterocycles. The summed E-state index contributed by atoms with van der Waals surface area (Å²) in [5.41, 5.74) is 5.79. The number of carbonyl (C=O) groups is 1. The minimum atomic E-state index is -0.719. The Labute approximate surface area is 103 Å². The molecule has 2 rings (SSSR count). The first-order valence-electron chi connectivity index (χ1n) is 5.06. The Hall–Kier alpha value is -1.59. The third-order valence-electron chi connectivity index (χ3n) is 2.50. The molecule has 1 unspecified atom stereocenters. The number of rotatable bonds is 3. The van der Waals surface area contributed by atoms with Gasteiger partial charge in [0.15, 0.2) is 0 Å². The molecule has 0 fully saturated rings. The van der Waals surface area contributed by atoms with Gasteiger partial charge in [-0.05, 0) is 29.7 Å². The summed E-state index contributed by atoms with van der Waals surface area (Å²) >= 11 is 1.49. The zero-order valence-electron chi connectivity index (χ0n) is 9.60. The zero-order chi connectivity index (χ0) is 12.4. The summed E-state index contributed by atoms with van der Waals surface area (Å²) in [5.74, 6) is 0.358. The van der Waals surface area contributed by atoms with Crippen molar-refractivity contribution in [2.75, 3.05) is 14.2 Å². The first kappa shape index (κ1) is 11.9. The van der Waals surface area contributed by atoms with Crippen molar-refractivity contribution < 1.29 is 14.3 Å². The maximum atomic E-state index is 11.3. The molecule has 0 aliphatic carbocycles. The Bertz CT molecular complexity index is 550. The first-order chi connectivity index (χ1) is 8.15. The summed E-state index contributed by atoms with van der Waals surface area (Å²) in [6.07, 6.45) is 0. The molecule has 0 spiro atoms. The van der Waals surface area contributed by atoms with Crippen molar-refractivity contribution in [3.63, 3.8) is 0 Å². The third kappa shape index (κ3) is 2.25. The smallest absolute Gasteiger partial charge is 0.328 e. The molecule has 0 amide bonds. The molecule has 90 valence electrons. The van der Waals surface area contributed by atoms with E-state index in [1.54, 1.807) is 7.11 Å². The number of methoxy groups -OCH3 is 2. The lowest BCUT2D eigenvalue weighted by molar-refractivity contribution is -0.142. The first-order valence-corrected chi connectivity index (χ1v) is 5.88. The number of benzene rings is 1. The van der Waals surface area contributed by atoms with E-state index in [0.29, 0.717) is 0 Å². The highest BCUT2D eigenvalue weighted by Crippen LogP contribution is 2.31. The normalized spacial score (nSPS) is 12.4. The predicted molar refractivity (Wildman–Crippen MR) is 67.3 cm³/mol. The SMILES string of the molecule is COC(=O)C(N)c1cc2cc(OC)ccc2s1. The lowest BCUT2D eigenvalue weighted by Gasteiger charge is -2.05. The molecule has 1 aromatic carbocycles. The molecule has 1 heterocycles. The number of hydrogen-bond donors (Lipinski definition) is 1. The van der Waals surface area contributed by atoms with E-state index in [1.165, 1.54) is 18.4 Å². The number of esters is 1. The molecule has 1 aromatic heterocycles. The van der Waals surface area contributed by atoms with E-state index in [4.69, 9.17) is 10.5 Å². The maximum Gasteiger partial charge on any atom is 0.328 e. The molecular weight excluding hydrogens is 238 g/mol. The molecule has 4 nitrogen and oxygen atoms in total. The summed E-state index contributed by atoms with van der Waals surface area (Å²) in [6.45, 7) is 0. The van der Waals surface area contributed by atoms with E-state index in [-0.39, 0.29) is 0 Å². The molecule has 1 atom stereocenters. The minimum absolute atomic E-state index is 0.427. The minimum Gasteiger partial charge on any atom is -0.497 e. The topological polar surface area (TPSA) is 61.5 Å². The van der Waals surface area contributed by atoms with Crippen LogP contribution in [0.4, 0.5) is 0 Å². The van der Waals surface area contributed by atoms with Crippen molar-refractivity contribution in [1.29, 1.82) is 0 Å². The largest absolute Gasteiger partial charge is 0.497 e. The van der Waals surface area contributed by atoms with Gasteiger partial charge in [-0.25, -0.2) is 4.79 Å². The highest BCUT2D eigenvalue weighted by molar-refractivity contribution is 7.19. The van der Waals surface area contributed by atoms with Crippen LogP contribution in [0.25, 0.3) is 10.1 Å². The van der Waals surface area contributed by atoms with Crippen LogP contribution in [-0.4, -0.2) is 20.2 Å². The summed E-state index contributed by atoms with van der Waals surface area (Å²) in [5, 5.41) is 1.02. The zero-order valence-corrected chi connectivity index (χ0v) is 10.4. The Morgan fingerprint density at radius 3 is 2.76 bits per heavy atom. The molecule has 0 bridgehead atoms. The highest BCUT2D eigenvalue weighted by atomic mass is 32.1. The van der Waals surface area contributed by atoms with Gasteiger partial charge in [0.2, 0.25) is 0 Å². The number of thiophene rings is 1. The second-order valence-electron chi connectivity index (χ2n) is 3.55.